The van der Waals surface area contributed by atoms with Gasteiger partial charge in [-0.1, -0.05) is 12.1 Å². The molecule has 0 spiro atoms. The van der Waals surface area contributed by atoms with Crippen molar-refractivity contribution < 1.29 is 0 Å². The largest absolute Gasteiger partial charge is 0.358 e. The first-order chi connectivity index (χ1) is 7.33. The van der Waals surface area contributed by atoms with Crippen molar-refractivity contribution in [1.82, 2.24) is 10.3 Å². The zero-order chi connectivity index (χ0) is 10.3. The summed E-state index contributed by atoms with van der Waals surface area (Å²) in [5, 5.41) is 4.74. The average Bonchev–Trinajstić information content (AvgIpc) is 2.84. The molecule has 2 heterocycles. The van der Waals surface area contributed by atoms with E-state index < -0.39 is 0 Å². The van der Waals surface area contributed by atoms with E-state index in [1.165, 1.54) is 28.6 Å². The van der Waals surface area contributed by atoms with Gasteiger partial charge >= 0.3 is 0 Å². The lowest BCUT2D eigenvalue weighted by Gasteiger charge is -2.03. The number of H-pyrrole nitrogens is 1. The zero-order valence-corrected chi connectivity index (χ0v) is 9.01. The van der Waals surface area contributed by atoms with Crippen LogP contribution in [0.1, 0.15) is 23.6 Å². The molecule has 1 saturated heterocycles. The third kappa shape index (κ3) is 1.55. The Bertz CT molecular complexity index is 478. The van der Waals surface area contributed by atoms with Crippen molar-refractivity contribution in [3.8, 4) is 0 Å². The van der Waals surface area contributed by atoms with Gasteiger partial charge in [0.15, 0.2) is 0 Å². The highest BCUT2D eigenvalue weighted by molar-refractivity contribution is 5.81. The van der Waals surface area contributed by atoms with Crippen LogP contribution in [0.4, 0.5) is 0 Å². The Morgan fingerprint density at radius 1 is 1.27 bits per heavy atom. The number of aryl methyl sites for hydroxylation is 1. The normalized spacial score (nSPS) is 21.3. The molecule has 1 aromatic heterocycles. The summed E-state index contributed by atoms with van der Waals surface area (Å²) in [6.45, 7) is 4.40. The molecule has 2 nitrogen and oxygen atoms in total. The number of benzene rings is 1. The summed E-state index contributed by atoms with van der Waals surface area (Å²) >= 11 is 0. The van der Waals surface area contributed by atoms with E-state index in [1.54, 1.807) is 0 Å². The molecule has 0 bridgehead atoms. The van der Waals surface area contributed by atoms with Crippen LogP contribution in [0.3, 0.4) is 0 Å². The minimum atomic E-state index is 0.678. The fourth-order valence-electron chi connectivity index (χ4n) is 2.40. The lowest BCUT2D eigenvalue weighted by Crippen LogP contribution is -2.07. The summed E-state index contributed by atoms with van der Waals surface area (Å²) < 4.78 is 0. The van der Waals surface area contributed by atoms with E-state index in [9.17, 15) is 0 Å². The van der Waals surface area contributed by atoms with Crippen LogP contribution in [0.15, 0.2) is 24.3 Å². The van der Waals surface area contributed by atoms with E-state index >= 15 is 0 Å². The van der Waals surface area contributed by atoms with E-state index in [1.807, 2.05) is 0 Å². The Morgan fingerprint density at radius 3 is 3.00 bits per heavy atom. The Morgan fingerprint density at radius 2 is 2.20 bits per heavy atom. The molecule has 3 rings (SSSR count). The minimum absolute atomic E-state index is 0.678. The first-order valence-corrected chi connectivity index (χ1v) is 5.63. The summed E-state index contributed by atoms with van der Waals surface area (Å²) in [7, 11) is 0. The van der Waals surface area contributed by atoms with Gasteiger partial charge in [0.2, 0.25) is 0 Å². The average molecular weight is 200 g/mol. The lowest BCUT2D eigenvalue weighted by atomic mass is 10.1. The second kappa shape index (κ2) is 3.38. The van der Waals surface area contributed by atoms with Crippen LogP contribution in [0.2, 0.25) is 0 Å². The maximum atomic E-state index is 3.54. The molecule has 0 aliphatic carbocycles. The molecule has 1 aliphatic rings. The topological polar surface area (TPSA) is 27.8 Å². The summed E-state index contributed by atoms with van der Waals surface area (Å²) in [4.78, 5) is 3.54. The molecule has 2 aromatic rings. The third-order valence-electron chi connectivity index (χ3n) is 3.30. The molecule has 1 aliphatic heterocycles. The van der Waals surface area contributed by atoms with Crippen molar-refractivity contribution >= 4 is 10.9 Å². The summed E-state index contributed by atoms with van der Waals surface area (Å²) in [6, 6.07) is 8.90. The van der Waals surface area contributed by atoms with Crippen molar-refractivity contribution in [2.75, 3.05) is 13.1 Å². The highest BCUT2D eigenvalue weighted by Crippen LogP contribution is 2.25. The smallest absolute Gasteiger partial charge is 0.0458 e. The molecule has 1 fully saturated rings. The molecule has 15 heavy (non-hydrogen) atoms. The van der Waals surface area contributed by atoms with Crippen molar-refractivity contribution in [3.05, 3.63) is 35.5 Å². The van der Waals surface area contributed by atoms with Gasteiger partial charge in [0, 0.05) is 23.7 Å². The van der Waals surface area contributed by atoms with Gasteiger partial charge < -0.3 is 10.3 Å². The first kappa shape index (κ1) is 8.98. The SMILES string of the molecule is Cc1ccc2cc([C@H]3CCNC3)[nH]c2c1. The fourth-order valence-corrected chi connectivity index (χ4v) is 2.40. The van der Waals surface area contributed by atoms with E-state index in [0.29, 0.717) is 5.92 Å². The van der Waals surface area contributed by atoms with Crippen molar-refractivity contribution in [2.24, 2.45) is 0 Å². The number of fused-ring (bicyclic) bond motifs is 1. The maximum absolute atomic E-state index is 3.54. The van der Waals surface area contributed by atoms with Crippen LogP contribution in [-0.4, -0.2) is 18.1 Å². The second-order valence-corrected chi connectivity index (χ2v) is 4.51. The van der Waals surface area contributed by atoms with Crippen molar-refractivity contribution in [2.45, 2.75) is 19.3 Å². The molecule has 0 unspecified atom stereocenters. The first-order valence-electron chi connectivity index (χ1n) is 5.63. The predicted molar refractivity (Wildman–Crippen MR) is 63.3 cm³/mol. The van der Waals surface area contributed by atoms with Gasteiger partial charge in [0.25, 0.3) is 0 Å². The molecular weight excluding hydrogens is 184 g/mol. The number of hydrogen-bond acceptors (Lipinski definition) is 1. The van der Waals surface area contributed by atoms with Crippen molar-refractivity contribution in [1.29, 1.82) is 0 Å². The molecule has 78 valence electrons. The second-order valence-electron chi connectivity index (χ2n) is 4.51. The quantitative estimate of drug-likeness (QED) is 0.727. The van der Waals surface area contributed by atoms with Crippen molar-refractivity contribution in [3.63, 3.8) is 0 Å². The van der Waals surface area contributed by atoms with Crippen LogP contribution in [0, 0.1) is 6.92 Å². The number of rotatable bonds is 1. The Labute approximate surface area is 89.7 Å². The molecule has 0 amide bonds. The van der Waals surface area contributed by atoms with E-state index in [4.69, 9.17) is 0 Å². The summed E-state index contributed by atoms with van der Waals surface area (Å²) in [6.07, 6.45) is 1.26. The van der Waals surface area contributed by atoms with E-state index in [-0.39, 0.29) is 0 Å². The van der Waals surface area contributed by atoms with Gasteiger partial charge in [-0.05, 0) is 43.0 Å². The molecule has 2 N–H and O–H groups in total. The van der Waals surface area contributed by atoms with Gasteiger partial charge in [-0.3, -0.25) is 0 Å². The zero-order valence-electron chi connectivity index (χ0n) is 9.01. The lowest BCUT2D eigenvalue weighted by molar-refractivity contribution is 0.743. The maximum Gasteiger partial charge on any atom is 0.0458 e. The van der Waals surface area contributed by atoms with Crippen LogP contribution < -0.4 is 5.32 Å². The van der Waals surface area contributed by atoms with Crippen LogP contribution in [0.5, 0.6) is 0 Å². The third-order valence-corrected chi connectivity index (χ3v) is 3.30. The van der Waals surface area contributed by atoms with Crippen LogP contribution in [0.25, 0.3) is 10.9 Å². The van der Waals surface area contributed by atoms with Crippen LogP contribution in [-0.2, 0) is 0 Å². The van der Waals surface area contributed by atoms with E-state index in [2.05, 4.69) is 41.5 Å². The number of nitrogens with one attached hydrogen (secondary N) is 2. The number of aromatic amines is 1. The highest BCUT2D eigenvalue weighted by atomic mass is 14.9. The Kier molecular flexibility index (Phi) is 2.03. The van der Waals surface area contributed by atoms with E-state index in [0.717, 1.165) is 13.1 Å². The predicted octanol–water partition coefficient (Wildman–Crippen LogP) is 2.55. The van der Waals surface area contributed by atoms with Crippen LogP contribution >= 0.6 is 0 Å². The Hall–Kier alpha value is -1.28. The Balaban J connectivity index is 2.05. The van der Waals surface area contributed by atoms with Gasteiger partial charge in [0.1, 0.15) is 0 Å². The molecular formula is C13H16N2. The van der Waals surface area contributed by atoms with Gasteiger partial charge in [0.05, 0.1) is 0 Å². The van der Waals surface area contributed by atoms with Gasteiger partial charge in [-0.15, -0.1) is 0 Å². The number of aromatic nitrogens is 1. The van der Waals surface area contributed by atoms with Gasteiger partial charge in [-0.25, -0.2) is 0 Å². The summed E-state index contributed by atoms with van der Waals surface area (Å²) in [5.74, 6) is 0.678. The molecule has 0 saturated carbocycles. The molecule has 0 radical (unpaired) electrons. The fraction of sp³-hybridized carbons (Fsp3) is 0.385. The van der Waals surface area contributed by atoms with Gasteiger partial charge in [-0.2, -0.15) is 0 Å². The minimum Gasteiger partial charge on any atom is -0.358 e. The molecule has 1 aromatic carbocycles. The highest BCUT2D eigenvalue weighted by Gasteiger charge is 2.18. The monoisotopic (exact) mass is 200 g/mol. The standard InChI is InChI=1S/C13H16N2/c1-9-2-3-10-7-13(15-12(10)6-9)11-4-5-14-8-11/h2-3,6-7,11,14-15H,4-5,8H2,1H3/t11-/m0/s1. The molecule has 1 atom stereocenters. The summed E-state index contributed by atoms with van der Waals surface area (Å²) in [5.41, 5.74) is 3.98. The molecule has 2 heteroatoms. The number of hydrogen-bond donors (Lipinski definition) is 2.